The minimum Gasteiger partial charge on any atom is -0.460 e. The lowest BCUT2D eigenvalue weighted by atomic mass is 10.1. The normalized spacial score (nSPS) is 13.3. The number of benzene rings is 1. The zero-order chi connectivity index (χ0) is 30.7. The first-order chi connectivity index (χ1) is 18.2. The standard InChI is InChI=1S/C29H44N2O9/c1-27(2,3)38-23(33)16-15-20(24(34)39-28(4,5)6)30-22(32)17-21(25(35)40-29(7,8)9)31-26(36)37-18-19-13-11-10-12-14-19/h10-14,20-21H,15-18H2,1-9H3,(H,30,32)(H,31,36)/t20-,21-/m0/s1. The number of esters is 3. The third-order valence-corrected chi connectivity index (χ3v) is 4.67. The molecule has 0 saturated carbocycles. The molecule has 1 aromatic rings. The van der Waals surface area contributed by atoms with Gasteiger partial charge in [0.25, 0.3) is 0 Å². The summed E-state index contributed by atoms with van der Waals surface area (Å²) >= 11 is 0. The Morgan fingerprint density at radius 1 is 0.700 bits per heavy atom. The Morgan fingerprint density at radius 2 is 1.20 bits per heavy atom. The molecule has 0 fully saturated rings. The number of alkyl carbamates (subject to hydrolysis) is 1. The number of hydrogen-bond donors (Lipinski definition) is 2. The monoisotopic (exact) mass is 564 g/mol. The Morgan fingerprint density at radius 3 is 1.70 bits per heavy atom. The number of carbonyl (C=O) groups excluding carboxylic acids is 5. The van der Waals surface area contributed by atoms with Crippen LogP contribution in [0.4, 0.5) is 4.79 Å². The lowest BCUT2D eigenvalue weighted by Crippen LogP contribution is -2.50. The summed E-state index contributed by atoms with van der Waals surface area (Å²) in [6, 6.07) is 6.30. The van der Waals surface area contributed by atoms with E-state index in [4.69, 9.17) is 18.9 Å². The van der Waals surface area contributed by atoms with Gasteiger partial charge < -0.3 is 29.6 Å². The predicted molar refractivity (Wildman–Crippen MR) is 147 cm³/mol. The number of carbonyl (C=O) groups is 5. The fourth-order valence-electron chi connectivity index (χ4n) is 3.19. The van der Waals surface area contributed by atoms with Crippen LogP contribution in [0.25, 0.3) is 0 Å². The van der Waals surface area contributed by atoms with Crippen LogP contribution >= 0.6 is 0 Å². The van der Waals surface area contributed by atoms with Crippen LogP contribution in [-0.2, 0) is 44.7 Å². The van der Waals surface area contributed by atoms with E-state index in [1.54, 1.807) is 86.6 Å². The smallest absolute Gasteiger partial charge is 0.408 e. The second kappa shape index (κ2) is 14.7. The van der Waals surface area contributed by atoms with Gasteiger partial charge in [0.05, 0.1) is 6.42 Å². The summed E-state index contributed by atoms with van der Waals surface area (Å²) < 4.78 is 21.2. The number of nitrogens with one attached hydrogen (secondary N) is 2. The predicted octanol–water partition coefficient (Wildman–Crippen LogP) is 3.96. The van der Waals surface area contributed by atoms with Gasteiger partial charge in [-0.3, -0.25) is 9.59 Å². The van der Waals surface area contributed by atoms with Crippen molar-refractivity contribution in [1.29, 1.82) is 0 Å². The molecule has 11 nitrogen and oxygen atoms in total. The van der Waals surface area contributed by atoms with Gasteiger partial charge >= 0.3 is 24.0 Å². The molecular weight excluding hydrogens is 520 g/mol. The van der Waals surface area contributed by atoms with E-state index in [1.807, 2.05) is 6.07 Å². The maximum atomic E-state index is 13.0. The summed E-state index contributed by atoms with van der Waals surface area (Å²) in [4.78, 5) is 63.4. The number of ether oxygens (including phenoxy) is 4. The average Bonchev–Trinajstić information content (AvgIpc) is 2.77. The SMILES string of the molecule is CC(C)(C)OC(=O)CC[C@H](NC(=O)C[C@H](NC(=O)OCc1ccccc1)C(=O)OC(C)(C)C)C(=O)OC(C)(C)C. The van der Waals surface area contributed by atoms with Crippen molar-refractivity contribution in [3.8, 4) is 0 Å². The molecule has 0 aliphatic heterocycles. The Balaban J connectivity index is 2.98. The van der Waals surface area contributed by atoms with E-state index >= 15 is 0 Å². The summed E-state index contributed by atoms with van der Waals surface area (Å²) in [6.45, 7) is 15.0. The van der Waals surface area contributed by atoms with Gasteiger partial charge in [0.15, 0.2) is 0 Å². The van der Waals surface area contributed by atoms with Crippen LogP contribution in [0.2, 0.25) is 0 Å². The summed E-state index contributed by atoms with van der Waals surface area (Å²) in [5, 5.41) is 4.89. The van der Waals surface area contributed by atoms with Gasteiger partial charge in [-0.05, 0) is 74.3 Å². The number of amides is 2. The van der Waals surface area contributed by atoms with Crippen molar-refractivity contribution >= 4 is 29.9 Å². The molecule has 0 aromatic heterocycles. The summed E-state index contributed by atoms with van der Waals surface area (Å²) in [5.74, 6) is -2.92. The molecule has 2 atom stereocenters. The van der Waals surface area contributed by atoms with Crippen LogP contribution in [0.5, 0.6) is 0 Å². The largest absolute Gasteiger partial charge is 0.460 e. The molecule has 0 spiro atoms. The third-order valence-electron chi connectivity index (χ3n) is 4.67. The van der Waals surface area contributed by atoms with Crippen LogP contribution in [0, 0.1) is 0 Å². The molecule has 0 saturated heterocycles. The first-order valence-electron chi connectivity index (χ1n) is 13.2. The van der Waals surface area contributed by atoms with Crippen molar-refractivity contribution in [2.45, 2.75) is 117 Å². The van der Waals surface area contributed by atoms with Crippen LogP contribution in [-0.4, -0.2) is 58.8 Å². The molecule has 0 radical (unpaired) electrons. The van der Waals surface area contributed by atoms with Crippen molar-refractivity contribution in [2.24, 2.45) is 0 Å². The third kappa shape index (κ3) is 15.7. The van der Waals surface area contributed by atoms with Crippen molar-refractivity contribution < 1.29 is 42.9 Å². The number of rotatable bonds is 11. The van der Waals surface area contributed by atoms with Gasteiger partial charge in [0.1, 0.15) is 35.5 Å². The van der Waals surface area contributed by atoms with Gasteiger partial charge in [-0.15, -0.1) is 0 Å². The van der Waals surface area contributed by atoms with E-state index < -0.39 is 65.2 Å². The molecule has 1 aromatic carbocycles. The topological polar surface area (TPSA) is 146 Å². The molecule has 224 valence electrons. The fourth-order valence-corrected chi connectivity index (χ4v) is 3.19. The van der Waals surface area contributed by atoms with Crippen molar-refractivity contribution in [3.05, 3.63) is 35.9 Å². The van der Waals surface area contributed by atoms with E-state index in [9.17, 15) is 24.0 Å². The molecule has 2 amide bonds. The van der Waals surface area contributed by atoms with Crippen LogP contribution in [0.1, 0.15) is 87.1 Å². The lowest BCUT2D eigenvalue weighted by molar-refractivity contribution is -0.160. The van der Waals surface area contributed by atoms with Crippen molar-refractivity contribution in [2.75, 3.05) is 0 Å². The molecular formula is C29H44N2O9. The quantitative estimate of drug-likeness (QED) is 0.301. The highest BCUT2D eigenvalue weighted by Crippen LogP contribution is 2.15. The van der Waals surface area contributed by atoms with Crippen LogP contribution < -0.4 is 10.6 Å². The van der Waals surface area contributed by atoms with Gasteiger partial charge in [-0.1, -0.05) is 30.3 Å². The molecule has 0 bridgehead atoms. The average molecular weight is 565 g/mol. The molecule has 40 heavy (non-hydrogen) atoms. The van der Waals surface area contributed by atoms with E-state index in [-0.39, 0.29) is 19.4 Å². The van der Waals surface area contributed by atoms with Crippen LogP contribution in [0.15, 0.2) is 30.3 Å². The van der Waals surface area contributed by atoms with E-state index in [2.05, 4.69) is 10.6 Å². The lowest BCUT2D eigenvalue weighted by Gasteiger charge is -2.26. The van der Waals surface area contributed by atoms with Gasteiger partial charge in [0.2, 0.25) is 5.91 Å². The first kappa shape index (κ1) is 34.4. The van der Waals surface area contributed by atoms with Crippen molar-refractivity contribution in [1.82, 2.24) is 10.6 Å². The highest BCUT2D eigenvalue weighted by atomic mass is 16.6. The molecule has 0 heterocycles. The Labute approximate surface area is 236 Å². The molecule has 0 aliphatic carbocycles. The molecule has 1 rings (SSSR count). The summed E-state index contributed by atoms with van der Waals surface area (Å²) in [7, 11) is 0. The maximum Gasteiger partial charge on any atom is 0.408 e. The highest BCUT2D eigenvalue weighted by molar-refractivity contribution is 5.90. The summed E-state index contributed by atoms with van der Waals surface area (Å²) in [6.07, 6.45) is -1.75. The minimum absolute atomic E-state index is 0.0503. The molecule has 0 aliphatic rings. The summed E-state index contributed by atoms with van der Waals surface area (Å²) in [5.41, 5.74) is -1.74. The highest BCUT2D eigenvalue weighted by Gasteiger charge is 2.33. The fraction of sp³-hybridized carbons (Fsp3) is 0.621. The molecule has 0 unspecified atom stereocenters. The molecule has 2 N–H and O–H groups in total. The second-order valence-corrected chi connectivity index (χ2v) is 12.3. The van der Waals surface area contributed by atoms with E-state index in [1.165, 1.54) is 0 Å². The molecule has 11 heteroatoms. The minimum atomic E-state index is -1.41. The van der Waals surface area contributed by atoms with Gasteiger partial charge in [-0.2, -0.15) is 0 Å². The van der Waals surface area contributed by atoms with E-state index in [0.29, 0.717) is 0 Å². The van der Waals surface area contributed by atoms with Gasteiger partial charge in [-0.25, -0.2) is 14.4 Å². The van der Waals surface area contributed by atoms with E-state index in [0.717, 1.165) is 5.56 Å². The Hall–Kier alpha value is -3.63. The number of hydrogen-bond acceptors (Lipinski definition) is 9. The zero-order valence-electron chi connectivity index (χ0n) is 25.0. The zero-order valence-corrected chi connectivity index (χ0v) is 25.0. The Kier molecular flexibility index (Phi) is 12.6. The first-order valence-corrected chi connectivity index (χ1v) is 13.2. The van der Waals surface area contributed by atoms with Crippen LogP contribution in [0.3, 0.4) is 0 Å². The second-order valence-electron chi connectivity index (χ2n) is 12.3. The maximum absolute atomic E-state index is 13.0. The van der Waals surface area contributed by atoms with Gasteiger partial charge in [0, 0.05) is 6.42 Å². The Bertz CT molecular complexity index is 1020. The van der Waals surface area contributed by atoms with Crippen molar-refractivity contribution in [3.63, 3.8) is 0 Å².